The molecule has 0 saturated carbocycles. The van der Waals surface area contributed by atoms with Gasteiger partial charge in [0, 0.05) is 18.4 Å². The third kappa shape index (κ3) is 5.28. The second-order valence-corrected chi connectivity index (χ2v) is 8.52. The Morgan fingerprint density at radius 1 is 1.18 bits per heavy atom. The average molecular weight is 382 g/mol. The maximum atomic E-state index is 12.4. The van der Waals surface area contributed by atoms with Crippen molar-refractivity contribution in [1.82, 2.24) is 5.32 Å². The van der Waals surface area contributed by atoms with Crippen LogP contribution in [0.5, 0.6) is 11.5 Å². The van der Waals surface area contributed by atoms with Crippen molar-refractivity contribution in [3.63, 3.8) is 0 Å². The van der Waals surface area contributed by atoms with Crippen LogP contribution in [0.15, 0.2) is 42.5 Å². The topological polar surface area (TPSA) is 47.6 Å². The molecule has 0 aliphatic carbocycles. The second-order valence-electron chi connectivity index (χ2n) is 8.52. The fourth-order valence-electron chi connectivity index (χ4n) is 3.40. The van der Waals surface area contributed by atoms with E-state index in [9.17, 15) is 4.79 Å². The molecule has 0 spiro atoms. The van der Waals surface area contributed by atoms with Crippen molar-refractivity contribution in [2.45, 2.75) is 58.4 Å². The second kappa shape index (κ2) is 8.68. The summed E-state index contributed by atoms with van der Waals surface area (Å²) in [5, 5.41) is 3.15. The zero-order valence-electron chi connectivity index (χ0n) is 17.4. The van der Waals surface area contributed by atoms with Gasteiger partial charge in [-0.15, -0.1) is 0 Å². The molecule has 28 heavy (non-hydrogen) atoms. The molecule has 1 N–H and O–H groups in total. The summed E-state index contributed by atoms with van der Waals surface area (Å²) in [6, 6.07) is 14.4. The van der Waals surface area contributed by atoms with Crippen molar-refractivity contribution in [3.8, 4) is 11.5 Å². The molecule has 4 heteroatoms. The van der Waals surface area contributed by atoms with E-state index < -0.39 is 0 Å². The molecule has 0 bridgehead atoms. The molecule has 0 fully saturated rings. The molecular formula is C24H31NO3. The highest BCUT2D eigenvalue weighted by Gasteiger charge is 2.23. The van der Waals surface area contributed by atoms with Crippen LogP contribution in [0.4, 0.5) is 0 Å². The van der Waals surface area contributed by atoms with Crippen LogP contribution in [-0.2, 0) is 10.2 Å². The smallest absolute Gasteiger partial charge is 0.220 e. The Bertz CT molecular complexity index is 806. The monoisotopic (exact) mass is 381 g/mol. The van der Waals surface area contributed by atoms with Gasteiger partial charge in [-0.3, -0.25) is 4.79 Å². The first-order valence-electron chi connectivity index (χ1n) is 10.1. The summed E-state index contributed by atoms with van der Waals surface area (Å²) < 4.78 is 11.5. The lowest BCUT2D eigenvalue weighted by Gasteiger charge is -2.27. The Hall–Kier alpha value is -2.49. The van der Waals surface area contributed by atoms with Gasteiger partial charge in [-0.1, -0.05) is 50.6 Å². The lowest BCUT2D eigenvalue weighted by atomic mass is 9.87. The van der Waals surface area contributed by atoms with E-state index in [1.807, 2.05) is 24.3 Å². The maximum Gasteiger partial charge on any atom is 0.220 e. The van der Waals surface area contributed by atoms with Gasteiger partial charge < -0.3 is 14.8 Å². The standard InChI is InChI=1S/C24H31NO3/c1-17-7-12-22-20(16-17)21(13-15-28-22)25-23(26)6-5-14-27-19-10-8-18(9-11-19)24(2,3)4/h7-12,16,21H,5-6,13-15H2,1-4H3,(H,25,26). The van der Waals surface area contributed by atoms with Crippen molar-refractivity contribution in [3.05, 3.63) is 59.2 Å². The summed E-state index contributed by atoms with van der Waals surface area (Å²) in [5.41, 5.74) is 3.67. The number of carbonyl (C=O) groups excluding carboxylic acids is 1. The lowest BCUT2D eigenvalue weighted by Crippen LogP contribution is -2.32. The average Bonchev–Trinajstić information content (AvgIpc) is 2.65. The highest BCUT2D eigenvalue weighted by molar-refractivity contribution is 5.76. The van der Waals surface area contributed by atoms with Gasteiger partial charge >= 0.3 is 0 Å². The van der Waals surface area contributed by atoms with E-state index >= 15 is 0 Å². The molecule has 3 rings (SSSR count). The van der Waals surface area contributed by atoms with Gasteiger partial charge in [0.1, 0.15) is 11.5 Å². The van der Waals surface area contributed by atoms with Crippen molar-refractivity contribution in [2.24, 2.45) is 0 Å². The maximum absolute atomic E-state index is 12.4. The van der Waals surface area contributed by atoms with E-state index in [1.165, 1.54) is 11.1 Å². The molecule has 1 unspecified atom stereocenters. The lowest BCUT2D eigenvalue weighted by molar-refractivity contribution is -0.122. The van der Waals surface area contributed by atoms with Crippen molar-refractivity contribution >= 4 is 5.91 Å². The van der Waals surface area contributed by atoms with E-state index in [1.54, 1.807) is 0 Å². The van der Waals surface area contributed by atoms with Gasteiger partial charge in [0.25, 0.3) is 0 Å². The number of hydrogen-bond donors (Lipinski definition) is 1. The number of fused-ring (bicyclic) bond motifs is 1. The van der Waals surface area contributed by atoms with E-state index in [2.05, 4.69) is 51.2 Å². The van der Waals surface area contributed by atoms with Crippen LogP contribution >= 0.6 is 0 Å². The van der Waals surface area contributed by atoms with E-state index in [0.717, 1.165) is 23.5 Å². The Labute approximate surface area is 168 Å². The van der Waals surface area contributed by atoms with Crippen LogP contribution in [0.25, 0.3) is 0 Å². The molecule has 0 radical (unpaired) electrons. The molecule has 1 atom stereocenters. The Balaban J connectivity index is 1.44. The molecule has 1 heterocycles. The minimum absolute atomic E-state index is 0.0296. The van der Waals surface area contributed by atoms with Gasteiger partial charge in [-0.05, 0) is 42.5 Å². The van der Waals surface area contributed by atoms with Crippen LogP contribution < -0.4 is 14.8 Å². The number of amides is 1. The Morgan fingerprint density at radius 3 is 2.64 bits per heavy atom. The summed E-state index contributed by atoms with van der Waals surface area (Å²) in [6.45, 7) is 9.80. The number of carbonyl (C=O) groups is 1. The predicted molar refractivity (Wildman–Crippen MR) is 112 cm³/mol. The number of hydrogen-bond acceptors (Lipinski definition) is 3. The fourth-order valence-corrected chi connectivity index (χ4v) is 3.40. The van der Waals surface area contributed by atoms with Crippen LogP contribution in [0, 0.1) is 6.92 Å². The minimum Gasteiger partial charge on any atom is -0.494 e. The van der Waals surface area contributed by atoms with Gasteiger partial charge in [0.15, 0.2) is 0 Å². The third-order valence-electron chi connectivity index (χ3n) is 5.08. The minimum atomic E-state index is 0.0296. The molecular weight excluding hydrogens is 350 g/mol. The summed E-state index contributed by atoms with van der Waals surface area (Å²) in [4.78, 5) is 12.4. The number of rotatable bonds is 6. The zero-order chi connectivity index (χ0) is 20.1. The Morgan fingerprint density at radius 2 is 1.93 bits per heavy atom. The third-order valence-corrected chi connectivity index (χ3v) is 5.08. The largest absolute Gasteiger partial charge is 0.494 e. The normalized spacial score (nSPS) is 16.1. The molecule has 0 saturated heterocycles. The first kappa shape index (κ1) is 20.2. The first-order valence-corrected chi connectivity index (χ1v) is 10.1. The first-order chi connectivity index (χ1) is 13.3. The van der Waals surface area contributed by atoms with Gasteiger partial charge in [-0.25, -0.2) is 0 Å². The highest BCUT2D eigenvalue weighted by Crippen LogP contribution is 2.32. The number of aryl methyl sites for hydroxylation is 1. The summed E-state index contributed by atoms with van der Waals surface area (Å²) in [7, 11) is 0. The molecule has 2 aromatic rings. The van der Waals surface area contributed by atoms with Crippen LogP contribution in [0.2, 0.25) is 0 Å². The van der Waals surface area contributed by atoms with Crippen LogP contribution in [0.3, 0.4) is 0 Å². The van der Waals surface area contributed by atoms with E-state index in [4.69, 9.17) is 9.47 Å². The molecule has 1 aliphatic heterocycles. The van der Waals surface area contributed by atoms with E-state index in [-0.39, 0.29) is 17.4 Å². The summed E-state index contributed by atoms with van der Waals surface area (Å²) in [6.07, 6.45) is 1.95. The van der Waals surface area contributed by atoms with E-state index in [0.29, 0.717) is 26.1 Å². The van der Waals surface area contributed by atoms with Crippen LogP contribution in [-0.4, -0.2) is 19.1 Å². The molecule has 1 aliphatic rings. The molecule has 4 nitrogen and oxygen atoms in total. The Kier molecular flexibility index (Phi) is 6.28. The number of nitrogens with one attached hydrogen (secondary N) is 1. The predicted octanol–water partition coefficient (Wildman–Crippen LogP) is 5.09. The number of ether oxygens (including phenoxy) is 2. The van der Waals surface area contributed by atoms with Gasteiger partial charge in [-0.2, -0.15) is 0 Å². The molecule has 0 aromatic heterocycles. The zero-order valence-corrected chi connectivity index (χ0v) is 17.4. The van der Waals surface area contributed by atoms with Crippen molar-refractivity contribution < 1.29 is 14.3 Å². The molecule has 150 valence electrons. The molecule has 2 aromatic carbocycles. The quantitative estimate of drug-likeness (QED) is 0.709. The van der Waals surface area contributed by atoms with Gasteiger partial charge in [0.05, 0.1) is 19.3 Å². The summed E-state index contributed by atoms with van der Waals surface area (Å²) in [5.74, 6) is 1.79. The van der Waals surface area contributed by atoms with Gasteiger partial charge in [0.2, 0.25) is 5.91 Å². The molecule has 1 amide bonds. The number of benzene rings is 2. The van der Waals surface area contributed by atoms with Crippen molar-refractivity contribution in [1.29, 1.82) is 0 Å². The summed E-state index contributed by atoms with van der Waals surface area (Å²) >= 11 is 0. The SMILES string of the molecule is Cc1ccc2c(c1)C(NC(=O)CCCOc1ccc(C(C)(C)C)cc1)CCO2. The van der Waals surface area contributed by atoms with Crippen molar-refractivity contribution in [2.75, 3.05) is 13.2 Å². The highest BCUT2D eigenvalue weighted by atomic mass is 16.5. The van der Waals surface area contributed by atoms with Crippen LogP contribution in [0.1, 0.15) is 62.8 Å². The fraction of sp³-hybridized carbons (Fsp3) is 0.458.